The van der Waals surface area contributed by atoms with E-state index in [0.717, 1.165) is 16.5 Å². The first-order chi connectivity index (χ1) is 10.9. The number of thioether (sulfide) groups is 1. The average molecular weight is 358 g/mol. The first kappa shape index (κ1) is 15.9. The summed E-state index contributed by atoms with van der Waals surface area (Å²) in [5.74, 6) is 0.438. The third-order valence-electron chi connectivity index (χ3n) is 2.86. The van der Waals surface area contributed by atoms with Crippen LogP contribution in [0, 0.1) is 0 Å². The van der Waals surface area contributed by atoms with E-state index in [1.807, 2.05) is 6.92 Å². The van der Waals surface area contributed by atoms with Crippen LogP contribution >= 0.6 is 23.1 Å². The van der Waals surface area contributed by atoms with Gasteiger partial charge in [0, 0.05) is 5.56 Å². The third kappa shape index (κ3) is 3.70. The van der Waals surface area contributed by atoms with Crippen LogP contribution < -0.4 is 0 Å². The highest BCUT2D eigenvalue weighted by atomic mass is 32.2. The Hall–Kier alpha value is -1.94. The van der Waals surface area contributed by atoms with Gasteiger partial charge in [-0.1, -0.05) is 40.4 Å². The van der Waals surface area contributed by atoms with E-state index < -0.39 is 11.7 Å². The van der Waals surface area contributed by atoms with Crippen LogP contribution in [0.3, 0.4) is 0 Å². The van der Waals surface area contributed by atoms with Crippen molar-refractivity contribution < 1.29 is 17.7 Å². The van der Waals surface area contributed by atoms with Crippen LogP contribution in [-0.4, -0.2) is 20.3 Å². The Morgan fingerprint density at radius 3 is 2.83 bits per heavy atom. The first-order valence-corrected chi connectivity index (χ1v) is 8.13. The van der Waals surface area contributed by atoms with Gasteiger partial charge in [0.25, 0.3) is 0 Å². The van der Waals surface area contributed by atoms with Crippen molar-refractivity contribution in [3.63, 3.8) is 0 Å². The first-order valence-electron chi connectivity index (χ1n) is 6.37. The summed E-state index contributed by atoms with van der Waals surface area (Å²) in [7, 11) is 0. The molecule has 5 nitrogen and oxygen atoms in total. The summed E-state index contributed by atoms with van der Waals surface area (Å²) >= 11 is 2.77. The Morgan fingerprint density at radius 1 is 1.30 bits per heavy atom. The van der Waals surface area contributed by atoms with Crippen molar-refractivity contribution in [3.8, 4) is 11.4 Å². The Bertz CT molecular complexity index is 789. The summed E-state index contributed by atoms with van der Waals surface area (Å²) in [5.41, 5.74) is 1.11. The minimum atomic E-state index is -4.41. The van der Waals surface area contributed by atoms with Gasteiger partial charge in [-0.15, -0.1) is 10.2 Å². The van der Waals surface area contributed by atoms with Crippen LogP contribution in [0.15, 0.2) is 38.6 Å². The second kappa shape index (κ2) is 6.28. The average Bonchev–Trinajstić information content (AvgIpc) is 3.17. The fourth-order valence-electron chi connectivity index (χ4n) is 1.77. The largest absolute Gasteiger partial charge is 0.416 e. The summed E-state index contributed by atoms with van der Waals surface area (Å²) in [6, 6.07) is 4.82. The zero-order valence-electron chi connectivity index (χ0n) is 11.6. The molecular formula is C13H9F3N4OS2. The highest BCUT2D eigenvalue weighted by Gasteiger charge is 2.31. The molecule has 120 valence electrons. The number of nitrogens with zero attached hydrogens (tertiary/aromatic N) is 4. The van der Waals surface area contributed by atoms with E-state index in [4.69, 9.17) is 4.52 Å². The molecule has 0 saturated carbocycles. The van der Waals surface area contributed by atoms with Crippen molar-refractivity contribution in [3.05, 3.63) is 41.2 Å². The van der Waals surface area contributed by atoms with Crippen LogP contribution in [0.25, 0.3) is 11.4 Å². The lowest BCUT2D eigenvalue weighted by molar-refractivity contribution is -0.137. The van der Waals surface area contributed by atoms with Crippen molar-refractivity contribution in [1.29, 1.82) is 0 Å². The lowest BCUT2D eigenvalue weighted by atomic mass is 10.1. The molecule has 1 unspecified atom stereocenters. The zero-order valence-corrected chi connectivity index (χ0v) is 13.2. The lowest BCUT2D eigenvalue weighted by Gasteiger charge is -2.06. The topological polar surface area (TPSA) is 64.7 Å². The number of hydrogen-bond donors (Lipinski definition) is 0. The summed E-state index contributed by atoms with van der Waals surface area (Å²) in [4.78, 5) is 4.17. The van der Waals surface area contributed by atoms with Gasteiger partial charge in [0.05, 0.1) is 10.8 Å². The molecule has 2 heterocycles. The van der Waals surface area contributed by atoms with Gasteiger partial charge in [0.15, 0.2) is 4.34 Å². The van der Waals surface area contributed by atoms with Gasteiger partial charge < -0.3 is 4.52 Å². The molecule has 1 atom stereocenters. The van der Waals surface area contributed by atoms with Crippen LogP contribution in [0.2, 0.25) is 0 Å². The molecule has 1 aromatic carbocycles. The van der Waals surface area contributed by atoms with E-state index in [2.05, 4.69) is 20.3 Å². The minimum Gasteiger partial charge on any atom is -0.338 e. The maximum absolute atomic E-state index is 12.7. The number of alkyl halides is 3. The lowest BCUT2D eigenvalue weighted by Crippen LogP contribution is -2.04. The molecular weight excluding hydrogens is 349 g/mol. The van der Waals surface area contributed by atoms with Gasteiger partial charge in [-0.2, -0.15) is 18.2 Å². The van der Waals surface area contributed by atoms with Gasteiger partial charge >= 0.3 is 6.18 Å². The van der Waals surface area contributed by atoms with E-state index in [0.29, 0.717) is 5.89 Å². The second-order valence-corrected chi connectivity index (χ2v) is 6.92. The molecule has 0 aliphatic carbocycles. The molecule has 0 saturated heterocycles. The van der Waals surface area contributed by atoms with Gasteiger partial charge in [-0.05, 0) is 19.1 Å². The van der Waals surface area contributed by atoms with E-state index >= 15 is 0 Å². The number of aromatic nitrogens is 4. The second-order valence-electron chi connectivity index (χ2n) is 4.50. The molecule has 0 fully saturated rings. The molecule has 3 aromatic rings. The predicted octanol–water partition coefficient (Wildman–Crippen LogP) is 4.46. The maximum atomic E-state index is 12.7. The van der Waals surface area contributed by atoms with Crippen LogP contribution in [0.4, 0.5) is 13.2 Å². The molecule has 23 heavy (non-hydrogen) atoms. The molecule has 0 amide bonds. The minimum absolute atomic E-state index is 0.121. The van der Waals surface area contributed by atoms with E-state index in [1.54, 1.807) is 5.51 Å². The zero-order chi connectivity index (χ0) is 16.4. The molecule has 0 bridgehead atoms. The fraction of sp³-hybridized carbons (Fsp3) is 0.231. The monoisotopic (exact) mass is 358 g/mol. The van der Waals surface area contributed by atoms with Crippen molar-refractivity contribution in [2.45, 2.75) is 22.7 Å². The van der Waals surface area contributed by atoms with Crippen LogP contribution in [-0.2, 0) is 6.18 Å². The Labute approximate surface area is 136 Å². The summed E-state index contributed by atoms with van der Waals surface area (Å²) in [5, 5.41) is 11.2. The molecule has 0 aliphatic rings. The van der Waals surface area contributed by atoms with E-state index in [-0.39, 0.29) is 16.6 Å². The van der Waals surface area contributed by atoms with Crippen molar-refractivity contribution in [2.24, 2.45) is 0 Å². The molecule has 0 radical (unpaired) electrons. The normalized spacial score (nSPS) is 13.2. The van der Waals surface area contributed by atoms with Crippen molar-refractivity contribution in [1.82, 2.24) is 20.3 Å². The van der Waals surface area contributed by atoms with Gasteiger partial charge in [-0.25, -0.2) is 0 Å². The Balaban J connectivity index is 1.82. The molecule has 0 aliphatic heterocycles. The number of halogens is 3. The molecule has 3 rings (SSSR count). The number of hydrogen-bond acceptors (Lipinski definition) is 7. The van der Waals surface area contributed by atoms with Crippen LogP contribution in [0.5, 0.6) is 0 Å². The number of rotatable bonds is 4. The Kier molecular flexibility index (Phi) is 4.35. The van der Waals surface area contributed by atoms with Crippen molar-refractivity contribution >= 4 is 23.1 Å². The summed E-state index contributed by atoms with van der Waals surface area (Å²) < 4.78 is 44.1. The fourth-order valence-corrected chi connectivity index (χ4v) is 3.42. The van der Waals surface area contributed by atoms with Crippen molar-refractivity contribution in [2.75, 3.05) is 0 Å². The quantitative estimate of drug-likeness (QED) is 0.642. The molecule has 0 spiro atoms. The Morgan fingerprint density at radius 2 is 2.13 bits per heavy atom. The molecule has 10 heteroatoms. The van der Waals surface area contributed by atoms with Crippen LogP contribution in [0.1, 0.15) is 23.6 Å². The highest BCUT2D eigenvalue weighted by Crippen LogP contribution is 2.36. The highest BCUT2D eigenvalue weighted by molar-refractivity contribution is 8.01. The maximum Gasteiger partial charge on any atom is 0.416 e. The van der Waals surface area contributed by atoms with E-state index in [1.165, 1.54) is 35.2 Å². The van der Waals surface area contributed by atoms with Gasteiger partial charge in [0.2, 0.25) is 11.7 Å². The van der Waals surface area contributed by atoms with Gasteiger partial charge in [-0.3, -0.25) is 0 Å². The summed E-state index contributed by atoms with van der Waals surface area (Å²) in [6.07, 6.45) is -4.41. The smallest absolute Gasteiger partial charge is 0.338 e. The molecule has 2 aromatic heterocycles. The number of benzene rings is 1. The van der Waals surface area contributed by atoms with Gasteiger partial charge in [0.1, 0.15) is 5.51 Å². The summed E-state index contributed by atoms with van der Waals surface area (Å²) in [6.45, 7) is 1.84. The molecule has 0 N–H and O–H groups in total. The SMILES string of the molecule is CC(Sc1nncs1)c1nc(-c2cccc(C(F)(F)F)c2)no1. The third-order valence-corrected chi connectivity index (χ3v) is 4.75. The van der Waals surface area contributed by atoms with E-state index in [9.17, 15) is 13.2 Å². The predicted molar refractivity (Wildman–Crippen MR) is 78.9 cm³/mol. The standard InChI is InChI=1S/C13H9F3N4OS2/c1-7(23-12-19-17-6-22-12)11-18-10(20-21-11)8-3-2-4-9(5-8)13(14,15)16/h2-7H,1H3.